The van der Waals surface area contributed by atoms with E-state index < -0.39 is 0 Å². The van der Waals surface area contributed by atoms with E-state index in [0.717, 1.165) is 72.9 Å². The zero-order chi connectivity index (χ0) is 38.7. The number of rotatable bonds is 7. The molecule has 0 spiro atoms. The van der Waals surface area contributed by atoms with Crippen molar-refractivity contribution in [3.63, 3.8) is 0 Å². The fourth-order valence-electron chi connectivity index (χ4n) is 8.71. The molecule has 0 aliphatic carbocycles. The van der Waals surface area contributed by atoms with Gasteiger partial charge in [0.05, 0.1) is 39.1 Å². The van der Waals surface area contributed by atoms with Gasteiger partial charge in [-0.3, -0.25) is 4.57 Å². The molecule has 0 saturated heterocycles. The van der Waals surface area contributed by atoms with Crippen molar-refractivity contribution >= 4 is 43.6 Å². The molecule has 4 heterocycles. The second kappa shape index (κ2) is 13.5. The van der Waals surface area contributed by atoms with Crippen LogP contribution in [0, 0.1) is 13.8 Å². The highest BCUT2D eigenvalue weighted by molar-refractivity contribution is 6.17. The van der Waals surface area contributed by atoms with Gasteiger partial charge in [0.1, 0.15) is 17.3 Å². The number of nitrogens with zero attached hydrogens (tertiary/aromatic N) is 5. The third-order valence-corrected chi connectivity index (χ3v) is 11.1. The van der Waals surface area contributed by atoms with Crippen LogP contribution >= 0.6 is 0 Å². The summed E-state index contributed by atoms with van der Waals surface area (Å²) in [5.74, 6) is 2.29. The van der Waals surface area contributed by atoms with Crippen LogP contribution in [0.3, 0.4) is 0 Å². The molecule has 6 heteroatoms. The predicted molar refractivity (Wildman–Crippen MR) is 237 cm³/mol. The predicted octanol–water partition coefficient (Wildman–Crippen LogP) is 13.2. The second-order valence-corrected chi connectivity index (χ2v) is 14.8. The number of hydrogen-bond donors (Lipinski definition) is 0. The summed E-state index contributed by atoms with van der Waals surface area (Å²) in [5, 5.41) is 9.37. The lowest BCUT2D eigenvalue weighted by atomic mass is 10.0. The summed E-state index contributed by atoms with van der Waals surface area (Å²) < 4.78 is 13.2. The van der Waals surface area contributed by atoms with E-state index in [1.807, 2.05) is 42.1 Å². The third kappa shape index (κ3) is 5.49. The molecule has 7 aromatic carbocycles. The molecule has 0 atom stereocenters. The molecule has 58 heavy (non-hydrogen) atoms. The number of aromatic nitrogens is 5. The molecule has 0 saturated carbocycles. The summed E-state index contributed by atoms with van der Waals surface area (Å²) in [4.78, 5) is 5.08. The molecule has 0 radical (unpaired) electrons. The van der Waals surface area contributed by atoms with Crippen LogP contribution in [0.1, 0.15) is 11.4 Å². The van der Waals surface area contributed by atoms with Crippen molar-refractivity contribution in [2.24, 2.45) is 0 Å². The lowest BCUT2D eigenvalue weighted by Gasteiger charge is -2.15. The molecule has 0 unspecified atom stereocenters. The van der Waals surface area contributed by atoms with Crippen LogP contribution in [0.5, 0.6) is 11.5 Å². The normalized spacial score (nSPS) is 11.6. The van der Waals surface area contributed by atoms with Gasteiger partial charge in [-0.15, -0.1) is 0 Å². The van der Waals surface area contributed by atoms with Crippen LogP contribution in [0.15, 0.2) is 188 Å². The molecule has 4 aromatic heterocycles. The number of para-hydroxylation sites is 3. The second-order valence-electron chi connectivity index (χ2n) is 14.8. The van der Waals surface area contributed by atoms with Crippen molar-refractivity contribution in [3.05, 3.63) is 200 Å². The lowest BCUT2D eigenvalue weighted by molar-refractivity contribution is 0.482. The molecule has 6 nitrogen and oxygen atoms in total. The maximum atomic E-state index is 6.59. The van der Waals surface area contributed by atoms with E-state index in [4.69, 9.17) is 9.72 Å². The highest BCUT2D eigenvalue weighted by atomic mass is 16.5. The highest BCUT2D eigenvalue weighted by Crippen LogP contribution is 2.42. The summed E-state index contributed by atoms with van der Waals surface area (Å²) >= 11 is 0. The zero-order valence-electron chi connectivity index (χ0n) is 32.0. The minimum absolute atomic E-state index is 0.737. The standard InChI is InChI=1S/C52H37N5O/c1-34-30-35(2)57(54-34)39-18-11-19-40(31-39)58-41-26-27-45-44-20-9-10-25-48(44)56(49(45)33-41)50-32-38(28-29-53-50)55-51-42(36-14-5-3-6-15-36)21-12-23-46(51)47-24-13-22-43(52(47)55)37-16-7-4-8-17-37/h3-33H,1-2H3. The minimum atomic E-state index is 0.737. The van der Waals surface area contributed by atoms with Gasteiger partial charge in [0.2, 0.25) is 0 Å². The molecule has 0 fully saturated rings. The maximum Gasteiger partial charge on any atom is 0.139 e. The molecule has 0 aliphatic rings. The van der Waals surface area contributed by atoms with E-state index in [0.29, 0.717) is 0 Å². The SMILES string of the molecule is Cc1cc(C)n(-c2cccc(Oc3ccc4c5ccccc5n(-c5cc(-n6c7c(-c8ccccc8)cccc7c7cccc(-c8ccccc8)c76)ccn5)c4c3)c2)n1. The fourth-order valence-corrected chi connectivity index (χ4v) is 8.71. The Morgan fingerprint density at radius 3 is 1.76 bits per heavy atom. The minimum Gasteiger partial charge on any atom is -0.457 e. The van der Waals surface area contributed by atoms with Crippen molar-refractivity contribution in [1.82, 2.24) is 23.9 Å². The van der Waals surface area contributed by atoms with Crippen LogP contribution in [0.25, 0.3) is 83.1 Å². The summed E-state index contributed by atoms with van der Waals surface area (Å²) in [6, 6.07) is 64.1. The largest absolute Gasteiger partial charge is 0.457 e. The highest BCUT2D eigenvalue weighted by Gasteiger charge is 2.21. The van der Waals surface area contributed by atoms with Gasteiger partial charge in [-0.05, 0) is 67.4 Å². The quantitative estimate of drug-likeness (QED) is 0.163. The number of fused-ring (bicyclic) bond motifs is 6. The average Bonchev–Trinajstić information content (AvgIpc) is 3.92. The van der Waals surface area contributed by atoms with E-state index in [-0.39, 0.29) is 0 Å². The maximum absolute atomic E-state index is 6.59. The number of benzene rings is 7. The number of hydrogen-bond acceptors (Lipinski definition) is 3. The third-order valence-electron chi connectivity index (χ3n) is 11.1. The fraction of sp³-hybridized carbons (Fsp3) is 0.0385. The van der Waals surface area contributed by atoms with Gasteiger partial charge in [0.15, 0.2) is 0 Å². The smallest absolute Gasteiger partial charge is 0.139 e. The van der Waals surface area contributed by atoms with E-state index in [1.165, 1.54) is 33.0 Å². The summed E-state index contributed by atoms with van der Waals surface area (Å²) in [7, 11) is 0. The monoisotopic (exact) mass is 747 g/mol. The average molecular weight is 748 g/mol. The Kier molecular flexibility index (Phi) is 7.83. The van der Waals surface area contributed by atoms with Crippen LogP contribution < -0.4 is 4.74 Å². The Hall–Kier alpha value is -7.70. The van der Waals surface area contributed by atoms with Gasteiger partial charge < -0.3 is 9.30 Å². The van der Waals surface area contributed by atoms with E-state index in [9.17, 15) is 0 Å². The summed E-state index contributed by atoms with van der Waals surface area (Å²) in [6.07, 6.45) is 1.93. The van der Waals surface area contributed by atoms with E-state index in [1.54, 1.807) is 0 Å². The van der Waals surface area contributed by atoms with Crippen molar-refractivity contribution in [1.29, 1.82) is 0 Å². The Balaban J connectivity index is 1.12. The molecule has 0 N–H and O–H groups in total. The number of ether oxygens (including phenoxy) is 1. The van der Waals surface area contributed by atoms with E-state index >= 15 is 0 Å². The first-order valence-electron chi connectivity index (χ1n) is 19.6. The van der Waals surface area contributed by atoms with Crippen LogP contribution in [-0.4, -0.2) is 23.9 Å². The Morgan fingerprint density at radius 2 is 1.07 bits per heavy atom. The first-order chi connectivity index (χ1) is 28.6. The molecule has 0 aliphatic heterocycles. The molecule has 0 amide bonds. The van der Waals surface area contributed by atoms with Crippen molar-refractivity contribution in [3.8, 4) is 50.9 Å². The lowest BCUT2D eigenvalue weighted by Crippen LogP contribution is -2.02. The molecule has 11 aromatic rings. The van der Waals surface area contributed by atoms with Gasteiger partial charge in [0, 0.05) is 62.8 Å². The first kappa shape index (κ1) is 33.6. The van der Waals surface area contributed by atoms with Crippen molar-refractivity contribution in [2.45, 2.75) is 13.8 Å². The topological polar surface area (TPSA) is 49.8 Å². The Bertz CT molecular complexity index is 3240. The molecule has 276 valence electrons. The molecular formula is C52H37N5O. The van der Waals surface area contributed by atoms with Gasteiger partial charge in [-0.25, -0.2) is 9.67 Å². The Labute approximate surface area is 335 Å². The van der Waals surface area contributed by atoms with Crippen molar-refractivity contribution in [2.75, 3.05) is 0 Å². The number of aryl methyl sites for hydroxylation is 2. The number of pyridine rings is 1. The van der Waals surface area contributed by atoms with Crippen LogP contribution in [0.4, 0.5) is 0 Å². The summed E-state index contributed by atoms with van der Waals surface area (Å²) in [5.41, 5.74) is 13.1. The van der Waals surface area contributed by atoms with Gasteiger partial charge in [0.25, 0.3) is 0 Å². The summed E-state index contributed by atoms with van der Waals surface area (Å²) in [6.45, 7) is 4.07. The molecule has 0 bridgehead atoms. The van der Waals surface area contributed by atoms with Crippen LogP contribution in [0.2, 0.25) is 0 Å². The zero-order valence-corrected chi connectivity index (χ0v) is 32.0. The molecular weight excluding hydrogens is 711 g/mol. The van der Waals surface area contributed by atoms with Gasteiger partial charge in [-0.1, -0.05) is 121 Å². The van der Waals surface area contributed by atoms with E-state index in [2.05, 4.69) is 179 Å². The van der Waals surface area contributed by atoms with Gasteiger partial charge in [-0.2, -0.15) is 5.10 Å². The Morgan fingerprint density at radius 1 is 0.448 bits per heavy atom. The van der Waals surface area contributed by atoms with Gasteiger partial charge >= 0.3 is 0 Å². The van der Waals surface area contributed by atoms with Crippen molar-refractivity contribution < 1.29 is 4.74 Å². The first-order valence-corrected chi connectivity index (χ1v) is 19.6. The van der Waals surface area contributed by atoms with Crippen LogP contribution in [-0.2, 0) is 0 Å². The molecule has 11 rings (SSSR count).